The molecule has 1 amide bonds. The first kappa shape index (κ1) is 17.4. The first-order valence-corrected chi connectivity index (χ1v) is 8.25. The number of ketones is 1. The highest BCUT2D eigenvalue weighted by Gasteiger charge is 2.28. The number of ether oxygens (including phenoxy) is 1. The molecule has 23 heavy (non-hydrogen) atoms. The Hall–Kier alpha value is -1.91. The van der Waals surface area contributed by atoms with Gasteiger partial charge in [-0.15, -0.1) is 0 Å². The van der Waals surface area contributed by atoms with Crippen molar-refractivity contribution in [2.45, 2.75) is 65.4 Å². The number of Topliss-reactive ketones (excluding diaryl/α,β-unsaturated/α-hetero) is 1. The SMILES string of the molecule is CC(=O)CCCc1ccc2c(n1)N(C(=O)OC(C)(C)C)CCC2. The van der Waals surface area contributed by atoms with Crippen molar-refractivity contribution in [2.75, 3.05) is 11.4 Å². The number of rotatable bonds is 4. The van der Waals surface area contributed by atoms with Gasteiger partial charge >= 0.3 is 6.09 Å². The predicted octanol–water partition coefficient (Wildman–Crippen LogP) is 3.68. The molecule has 5 heteroatoms. The quantitative estimate of drug-likeness (QED) is 0.849. The van der Waals surface area contributed by atoms with E-state index in [4.69, 9.17) is 4.74 Å². The number of anilines is 1. The summed E-state index contributed by atoms with van der Waals surface area (Å²) >= 11 is 0. The summed E-state index contributed by atoms with van der Waals surface area (Å²) in [5.41, 5.74) is 1.48. The molecule has 0 radical (unpaired) electrons. The minimum absolute atomic E-state index is 0.193. The summed E-state index contributed by atoms with van der Waals surface area (Å²) in [6.45, 7) is 7.82. The molecule has 0 atom stereocenters. The fraction of sp³-hybridized carbons (Fsp3) is 0.611. The molecule has 0 saturated heterocycles. The van der Waals surface area contributed by atoms with E-state index in [1.807, 2.05) is 32.9 Å². The highest BCUT2D eigenvalue weighted by Crippen LogP contribution is 2.27. The average Bonchev–Trinajstić information content (AvgIpc) is 2.44. The van der Waals surface area contributed by atoms with Crippen molar-refractivity contribution in [3.63, 3.8) is 0 Å². The summed E-state index contributed by atoms with van der Waals surface area (Å²) in [6, 6.07) is 4.04. The number of pyridine rings is 1. The fourth-order valence-electron chi connectivity index (χ4n) is 2.63. The van der Waals surface area contributed by atoms with Crippen LogP contribution in [-0.2, 0) is 22.4 Å². The maximum Gasteiger partial charge on any atom is 0.416 e. The second kappa shape index (κ2) is 7.11. The second-order valence-electron chi connectivity index (χ2n) is 7.08. The van der Waals surface area contributed by atoms with Gasteiger partial charge in [0.1, 0.15) is 17.2 Å². The lowest BCUT2D eigenvalue weighted by atomic mass is 10.0. The first-order valence-electron chi connectivity index (χ1n) is 8.25. The Bertz CT molecular complexity index is 590. The molecule has 1 aliphatic heterocycles. The van der Waals surface area contributed by atoms with Gasteiger partial charge in [-0.25, -0.2) is 9.78 Å². The van der Waals surface area contributed by atoms with Gasteiger partial charge in [0.2, 0.25) is 0 Å². The van der Waals surface area contributed by atoms with Crippen LogP contribution in [0.4, 0.5) is 10.6 Å². The lowest BCUT2D eigenvalue weighted by molar-refractivity contribution is -0.117. The molecule has 0 aliphatic carbocycles. The number of amides is 1. The Labute approximate surface area is 138 Å². The summed E-state index contributed by atoms with van der Waals surface area (Å²) in [7, 11) is 0. The molecule has 0 bridgehead atoms. The molecule has 0 saturated carbocycles. The Kier molecular flexibility index (Phi) is 5.39. The number of aryl methyl sites for hydroxylation is 2. The van der Waals surface area contributed by atoms with E-state index in [2.05, 4.69) is 4.98 Å². The number of aromatic nitrogens is 1. The van der Waals surface area contributed by atoms with Crippen LogP contribution in [0.15, 0.2) is 12.1 Å². The summed E-state index contributed by atoms with van der Waals surface area (Å²) < 4.78 is 5.49. The van der Waals surface area contributed by atoms with Crippen molar-refractivity contribution in [2.24, 2.45) is 0 Å². The van der Waals surface area contributed by atoms with Crippen LogP contribution in [0.1, 0.15) is 58.2 Å². The third-order valence-corrected chi connectivity index (χ3v) is 3.67. The average molecular weight is 318 g/mol. The largest absolute Gasteiger partial charge is 0.443 e. The van der Waals surface area contributed by atoms with E-state index in [0.717, 1.165) is 36.9 Å². The standard InChI is InChI=1S/C18H26N2O3/c1-13(21)7-5-9-15-11-10-14-8-6-12-20(16(14)19-15)17(22)23-18(2,3)4/h10-11H,5-9,12H2,1-4H3. The van der Waals surface area contributed by atoms with Crippen molar-refractivity contribution in [3.05, 3.63) is 23.4 Å². The van der Waals surface area contributed by atoms with Gasteiger partial charge in [-0.3, -0.25) is 4.90 Å². The highest BCUT2D eigenvalue weighted by atomic mass is 16.6. The number of hydrogen-bond donors (Lipinski definition) is 0. The summed E-state index contributed by atoms with van der Waals surface area (Å²) in [5, 5.41) is 0. The van der Waals surface area contributed by atoms with Crippen molar-refractivity contribution in [3.8, 4) is 0 Å². The van der Waals surface area contributed by atoms with E-state index in [-0.39, 0.29) is 11.9 Å². The van der Waals surface area contributed by atoms with Gasteiger partial charge in [0.25, 0.3) is 0 Å². The van der Waals surface area contributed by atoms with Gasteiger partial charge in [0.15, 0.2) is 0 Å². The lowest BCUT2D eigenvalue weighted by Gasteiger charge is -2.31. The molecule has 1 aromatic heterocycles. The van der Waals surface area contributed by atoms with E-state index in [1.165, 1.54) is 0 Å². The maximum atomic E-state index is 12.4. The topological polar surface area (TPSA) is 59.5 Å². The molecule has 1 aromatic rings. The Morgan fingerprint density at radius 1 is 1.30 bits per heavy atom. The normalized spacial score (nSPS) is 14.3. The molecular formula is C18H26N2O3. The lowest BCUT2D eigenvalue weighted by Crippen LogP contribution is -2.40. The van der Waals surface area contributed by atoms with Gasteiger partial charge in [-0.2, -0.15) is 0 Å². The molecule has 0 unspecified atom stereocenters. The van der Waals surface area contributed by atoms with E-state index < -0.39 is 5.60 Å². The van der Waals surface area contributed by atoms with Crippen LogP contribution < -0.4 is 4.90 Å². The smallest absolute Gasteiger partial charge is 0.416 e. The zero-order valence-electron chi connectivity index (χ0n) is 14.5. The van der Waals surface area contributed by atoms with Crippen LogP contribution in [-0.4, -0.2) is 29.0 Å². The predicted molar refractivity (Wildman–Crippen MR) is 89.8 cm³/mol. The van der Waals surface area contributed by atoms with E-state index in [9.17, 15) is 9.59 Å². The summed E-state index contributed by atoms with van der Waals surface area (Å²) in [5.74, 6) is 0.907. The fourth-order valence-corrected chi connectivity index (χ4v) is 2.63. The first-order chi connectivity index (χ1) is 10.8. The second-order valence-corrected chi connectivity index (χ2v) is 7.08. The van der Waals surface area contributed by atoms with E-state index >= 15 is 0 Å². The Morgan fingerprint density at radius 2 is 2.04 bits per heavy atom. The molecular weight excluding hydrogens is 292 g/mol. The minimum atomic E-state index is -0.520. The monoisotopic (exact) mass is 318 g/mol. The number of carbonyl (C=O) groups is 2. The molecule has 126 valence electrons. The van der Waals surface area contributed by atoms with E-state index in [0.29, 0.717) is 18.8 Å². The highest BCUT2D eigenvalue weighted by molar-refractivity contribution is 5.88. The van der Waals surface area contributed by atoms with Crippen molar-refractivity contribution >= 4 is 17.7 Å². The van der Waals surface area contributed by atoms with Crippen molar-refractivity contribution < 1.29 is 14.3 Å². The van der Waals surface area contributed by atoms with Crippen LogP contribution >= 0.6 is 0 Å². The van der Waals surface area contributed by atoms with Gasteiger partial charge in [-0.05, 0) is 65.0 Å². The minimum Gasteiger partial charge on any atom is -0.443 e. The van der Waals surface area contributed by atoms with Crippen LogP contribution in [0.25, 0.3) is 0 Å². The Balaban J connectivity index is 2.15. The summed E-state index contributed by atoms with van der Waals surface area (Å²) in [6.07, 6.45) is 3.59. The van der Waals surface area contributed by atoms with Crippen LogP contribution in [0.3, 0.4) is 0 Å². The molecule has 1 aliphatic rings. The van der Waals surface area contributed by atoms with Crippen molar-refractivity contribution in [1.82, 2.24) is 4.98 Å². The third-order valence-electron chi connectivity index (χ3n) is 3.67. The van der Waals surface area contributed by atoms with Gasteiger partial charge in [0, 0.05) is 18.7 Å². The molecule has 2 rings (SSSR count). The molecule has 0 N–H and O–H groups in total. The zero-order chi connectivity index (χ0) is 17.0. The molecule has 0 spiro atoms. The van der Waals surface area contributed by atoms with Gasteiger partial charge in [-0.1, -0.05) is 6.07 Å². The number of nitrogens with zero attached hydrogens (tertiary/aromatic N) is 2. The maximum absolute atomic E-state index is 12.4. The van der Waals surface area contributed by atoms with Gasteiger partial charge < -0.3 is 9.53 Å². The molecule has 0 fully saturated rings. The zero-order valence-corrected chi connectivity index (χ0v) is 14.5. The van der Waals surface area contributed by atoms with Gasteiger partial charge in [0.05, 0.1) is 0 Å². The number of fused-ring (bicyclic) bond motifs is 1. The molecule has 2 heterocycles. The molecule has 5 nitrogen and oxygen atoms in total. The van der Waals surface area contributed by atoms with Crippen LogP contribution in [0.2, 0.25) is 0 Å². The number of carbonyl (C=O) groups excluding carboxylic acids is 2. The van der Waals surface area contributed by atoms with Crippen molar-refractivity contribution in [1.29, 1.82) is 0 Å². The van der Waals surface area contributed by atoms with E-state index in [1.54, 1.807) is 11.8 Å². The third kappa shape index (κ3) is 5.05. The van der Waals surface area contributed by atoms with Crippen LogP contribution in [0.5, 0.6) is 0 Å². The summed E-state index contributed by atoms with van der Waals surface area (Å²) in [4.78, 5) is 29.8. The Morgan fingerprint density at radius 3 is 2.70 bits per heavy atom. The molecule has 0 aromatic carbocycles. The number of hydrogen-bond acceptors (Lipinski definition) is 4. The van der Waals surface area contributed by atoms with Crippen LogP contribution in [0, 0.1) is 0 Å².